The predicted octanol–water partition coefficient (Wildman–Crippen LogP) is 2.18. The van der Waals surface area contributed by atoms with Crippen LogP contribution in [0.3, 0.4) is 0 Å². The third-order valence-corrected chi connectivity index (χ3v) is 4.99. The monoisotopic (exact) mass is 207 g/mol. The van der Waals surface area contributed by atoms with Crippen LogP contribution in [-0.4, -0.2) is 21.0 Å². The van der Waals surface area contributed by atoms with Crippen molar-refractivity contribution in [2.75, 3.05) is 11.9 Å². The Morgan fingerprint density at radius 2 is 2.33 bits per heavy atom. The van der Waals surface area contributed by atoms with E-state index in [9.17, 15) is 0 Å². The van der Waals surface area contributed by atoms with Gasteiger partial charge in [0.25, 0.3) is 0 Å². The third-order valence-electron chi connectivity index (χ3n) is 1.53. The summed E-state index contributed by atoms with van der Waals surface area (Å²) in [4.78, 5) is 0. The van der Waals surface area contributed by atoms with E-state index in [4.69, 9.17) is 4.43 Å². The van der Waals surface area contributed by atoms with Crippen LogP contribution in [0.5, 0.6) is 0 Å². The van der Waals surface area contributed by atoms with E-state index in [0.717, 1.165) is 11.9 Å². The van der Waals surface area contributed by atoms with Gasteiger partial charge in [-0.25, -0.2) is 0 Å². The van der Waals surface area contributed by atoms with Crippen LogP contribution in [0.15, 0.2) is 0 Å². The minimum atomic E-state index is -0.346. The second kappa shape index (κ2) is 4.47. The summed E-state index contributed by atoms with van der Waals surface area (Å²) in [6, 6.07) is 2.65. The van der Waals surface area contributed by atoms with E-state index >= 15 is 0 Å². The van der Waals surface area contributed by atoms with Crippen LogP contribution in [-0.2, 0) is 4.43 Å². The Kier molecular flexibility index (Phi) is 3.85. The van der Waals surface area contributed by atoms with Crippen molar-refractivity contribution < 1.29 is 4.43 Å². The van der Waals surface area contributed by atoms with Gasteiger partial charge in [-0.1, -0.05) is 22.4 Å². The summed E-state index contributed by atoms with van der Waals surface area (Å²) in [7, 11) is -0.346. The van der Waals surface area contributed by atoms with Crippen molar-refractivity contribution in [2.24, 2.45) is 0 Å². The molecule has 1 nitrogen and oxygen atoms in total. The standard InChI is InChI=1S/C6H12BrOSi/c7-3-6-9-5-2-1-4-8-9/h1-6H2. The second-order valence-electron chi connectivity index (χ2n) is 2.28. The molecule has 1 aliphatic heterocycles. The number of hydrogen-bond acceptors (Lipinski definition) is 1. The van der Waals surface area contributed by atoms with Gasteiger partial charge in [-0.2, -0.15) is 0 Å². The van der Waals surface area contributed by atoms with Gasteiger partial charge in [-0.15, -0.1) is 0 Å². The maximum absolute atomic E-state index is 5.59. The van der Waals surface area contributed by atoms with E-state index in [1.807, 2.05) is 0 Å². The number of rotatable bonds is 2. The van der Waals surface area contributed by atoms with E-state index in [2.05, 4.69) is 15.9 Å². The van der Waals surface area contributed by atoms with Crippen molar-refractivity contribution in [3.05, 3.63) is 0 Å². The van der Waals surface area contributed by atoms with E-state index in [0.29, 0.717) is 0 Å². The molecule has 53 valence electrons. The highest BCUT2D eigenvalue weighted by Gasteiger charge is 2.15. The topological polar surface area (TPSA) is 9.23 Å². The normalized spacial score (nSPS) is 22.3. The Morgan fingerprint density at radius 1 is 1.44 bits per heavy atom. The van der Waals surface area contributed by atoms with E-state index in [1.54, 1.807) is 0 Å². The molecule has 3 heteroatoms. The average Bonchev–Trinajstić information content (AvgIpc) is 1.91. The molecule has 9 heavy (non-hydrogen) atoms. The van der Waals surface area contributed by atoms with Crippen LogP contribution in [0.1, 0.15) is 12.8 Å². The number of alkyl halides is 1. The Labute approximate surface area is 66.6 Å². The minimum Gasteiger partial charge on any atom is -0.417 e. The Balaban J connectivity index is 2.08. The number of halogens is 1. The zero-order valence-corrected chi connectivity index (χ0v) is 8.11. The molecular weight excluding hydrogens is 196 g/mol. The molecule has 1 rings (SSSR count). The molecule has 0 amide bonds. The molecule has 1 radical (unpaired) electrons. The van der Waals surface area contributed by atoms with Gasteiger partial charge in [0.05, 0.1) is 0 Å². The highest BCUT2D eigenvalue weighted by Crippen LogP contribution is 2.14. The predicted molar refractivity (Wildman–Crippen MR) is 44.3 cm³/mol. The van der Waals surface area contributed by atoms with Crippen LogP contribution >= 0.6 is 15.9 Å². The highest BCUT2D eigenvalue weighted by atomic mass is 79.9. The molecule has 0 aliphatic carbocycles. The molecule has 0 bridgehead atoms. The van der Waals surface area contributed by atoms with Crippen molar-refractivity contribution in [3.63, 3.8) is 0 Å². The van der Waals surface area contributed by atoms with E-state index < -0.39 is 0 Å². The molecule has 1 heterocycles. The maximum Gasteiger partial charge on any atom is 0.212 e. The van der Waals surface area contributed by atoms with Crippen molar-refractivity contribution in [2.45, 2.75) is 24.9 Å². The smallest absolute Gasteiger partial charge is 0.212 e. The molecule has 1 saturated heterocycles. The van der Waals surface area contributed by atoms with Crippen LogP contribution < -0.4 is 0 Å². The lowest BCUT2D eigenvalue weighted by atomic mass is 10.4. The summed E-state index contributed by atoms with van der Waals surface area (Å²) in [5, 5.41) is 1.13. The molecule has 0 aromatic heterocycles. The molecule has 0 N–H and O–H groups in total. The average molecular weight is 208 g/mol. The molecule has 0 spiro atoms. The maximum atomic E-state index is 5.59. The van der Waals surface area contributed by atoms with Crippen molar-refractivity contribution in [1.82, 2.24) is 0 Å². The summed E-state index contributed by atoms with van der Waals surface area (Å²) in [5.74, 6) is 0. The summed E-state index contributed by atoms with van der Waals surface area (Å²) in [6.07, 6.45) is 2.69. The van der Waals surface area contributed by atoms with Crippen LogP contribution in [0.25, 0.3) is 0 Å². The van der Waals surface area contributed by atoms with Crippen LogP contribution in [0.2, 0.25) is 12.1 Å². The lowest BCUT2D eigenvalue weighted by molar-refractivity contribution is 0.287. The van der Waals surface area contributed by atoms with Gasteiger partial charge >= 0.3 is 0 Å². The van der Waals surface area contributed by atoms with Gasteiger partial charge in [-0.3, -0.25) is 0 Å². The summed E-state index contributed by atoms with van der Waals surface area (Å²) < 4.78 is 5.59. The fourth-order valence-corrected chi connectivity index (χ4v) is 4.17. The lowest BCUT2D eigenvalue weighted by Gasteiger charge is -2.18. The lowest BCUT2D eigenvalue weighted by Crippen LogP contribution is -2.23. The summed E-state index contributed by atoms with van der Waals surface area (Å²) >= 11 is 3.43. The van der Waals surface area contributed by atoms with Gasteiger partial charge in [0.2, 0.25) is 9.04 Å². The molecule has 0 aromatic carbocycles. The summed E-state index contributed by atoms with van der Waals surface area (Å²) in [6.45, 7) is 1.03. The highest BCUT2D eigenvalue weighted by molar-refractivity contribution is 9.09. The summed E-state index contributed by atoms with van der Waals surface area (Å²) in [5.41, 5.74) is 0. The molecule has 1 fully saturated rings. The van der Waals surface area contributed by atoms with Gasteiger partial charge in [-0.05, 0) is 18.5 Å². The third kappa shape index (κ3) is 2.82. The Hall–Kier alpha value is 0.657. The van der Waals surface area contributed by atoms with Crippen LogP contribution in [0, 0.1) is 0 Å². The first-order valence-corrected chi connectivity index (χ1v) is 6.41. The van der Waals surface area contributed by atoms with Gasteiger partial charge in [0.1, 0.15) is 0 Å². The quantitative estimate of drug-likeness (QED) is 0.499. The molecule has 1 aliphatic rings. The number of hydrogen-bond donors (Lipinski definition) is 0. The Bertz CT molecular complexity index is 70.7. The van der Waals surface area contributed by atoms with Crippen molar-refractivity contribution in [3.8, 4) is 0 Å². The molecule has 0 unspecified atom stereocenters. The van der Waals surface area contributed by atoms with Gasteiger partial charge < -0.3 is 4.43 Å². The van der Waals surface area contributed by atoms with Crippen molar-refractivity contribution in [1.29, 1.82) is 0 Å². The van der Waals surface area contributed by atoms with Gasteiger partial charge in [0, 0.05) is 11.9 Å². The fourth-order valence-electron chi connectivity index (χ4n) is 1.02. The first kappa shape index (κ1) is 7.76. The van der Waals surface area contributed by atoms with E-state index in [1.165, 1.54) is 24.9 Å². The molecular formula is C6H12BrOSi. The Morgan fingerprint density at radius 3 is 2.89 bits per heavy atom. The first-order chi connectivity index (χ1) is 4.43. The van der Waals surface area contributed by atoms with Gasteiger partial charge in [0.15, 0.2) is 0 Å². The molecule has 0 aromatic rings. The minimum absolute atomic E-state index is 0.346. The molecule has 0 atom stereocenters. The fraction of sp³-hybridized carbons (Fsp3) is 1.00. The zero-order chi connectivity index (χ0) is 6.53. The molecule has 0 saturated carbocycles. The van der Waals surface area contributed by atoms with Crippen LogP contribution in [0.4, 0.5) is 0 Å². The first-order valence-electron chi connectivity index (χ1n) is 3.47. The zero-order valence-electron chi connectivity index (χ0n) is 5.53. The SMILES string of the molecule is BrCC[Si]1CCCCO1. The van der Waals surface area contributed by atoms with Crippen molar-refractivity contribution >= 4 is 25.0 Å². The second-order valence-corrected chi connectivity index (χ2v) is 5.44. The van der Waals surface area contributed by atoms with E-state index in [-0.39, 0.29) is 9.04 Å². The largest absolute Gasteiger partial charge is 0.417 e.